The number of carbonyl (C=O) groups is 1. The largest absolute Gasteiger partial charge is 0.462 e. The normalized spacial score (nSPS) is 11.7. The number of hydrogen-bond donors (Lipinski definition) is 1. The number of aromatic nitrogens is 1. The highest BCUT2D eigenvalue weighted by atomic mass is 79.9. The molecule has 1 aromatic heterocycles. The molecular formula is C15H17BrN2O3S. The highest BCUT2D eigenvalue weighted by Crippen LogP contribution is 2.18. The molecule has 22 heavy (non-hydrogen) atoms. The van der Waals surface area contributed by atoms with E-state index in [1.165, 1.54) is 11.3 Å². The lowest BCUT2D eigenvalue weighted by Crippen LogP contribution is -2.18. The monoisotopic (exact) mass is 384 g/mol. The lowest BCUT2D eigenvalue weighted by atomic mass is 10.3. The fourth-order valence-electron chi connectivity index (χ4n) is 1.94. The predicted molar refractivity (Wildman–Crippen MR) is 89.5 cm³/mol. The Morgan fingerprint density at radius 3 is 2.68 bits per heavy atom. The summed E-state index contributed by atoms with van der Waals surface area (Å²) in [6.45, 7) is 4.30. The van der Waals surface area contributed by atoms with Crippen LogP contribution in [-0.4, -0.2) is 28.9 Å². The van der Waals surface area contributed by atoms with Crippen molar-refractivity contribution in [2.45, 2.75) is 20.4 Å². The molecule has 0 aliphatic heterocycles. The zero-order chi connectivity index (χ0) is 16.1. The quantitative estimate of drug-likeness (QED) is 0.805. The molecule has 0 radical (unpaired) electrons. The maximum absolute atomic E-state index is 12.0. The number of aliphatic hydroxyl groups is 1. The number of ether oxygens (including phenoxy) is 1. The first-order valence-corrected chi connectivity index (χ1v) is 8.46. The van der Waals surface area contributed by atoms with Gasteiger partial charge in [0.05, 0.1) is 18.9 Å². The summed E-state index contributed by atoms with van der Waals surface area (Å²) in [6.07, 6.45) is 0. The molecular weight excluding hydrogens is 368 g/mol. The SMILES string of the molecule is CCOC(=O)c1sc(=Nc2ccc(Br)cc2)n(CCO)c1C. The van der Waals surface area contributed by atoms with Gasteiger partial charge in [-0.05, 0) is 38.1 Å². The van der Waals surface area contributed by atoms with Gasteiger partial charge in [0.2, 0.25) is 0 Å². The van der Waals surface area contributed by atoms with E-state index >= 15 is 0 Å². The van der Waals surface area contributed by atoms with E-state index in [0.717, 1.165) is 15.9 Å². The second-order valence-electron chi connectivity index (χ2n) is 4.48. The van der Waals surface area contributed by atoms with Crippen LogP contribution in [0.4, 0.5) is 5.69 Å². The van der Waals surface area contributed by atoms with Crippen LogP contribution in [0.15, 0.2) is 33.7 Å². The van der Waals surface area contributed by atoms with Gasteiger partial charge in [-0.2, -0.15) is 0 Å². The zero-order valence-electron chi connectivity index (χ0n) is 12.4. The second kappa shape index (κ2) is 7.71. The molecule has 0 aliphatic carbocycles. The molecule has 0 saturated heterocycles. The van der Waals surface area contributed by atoms with E-state index in [9.17, 15) is 9.90 Å². The van der Waals surface area contributed by atoms with Crippen LogP contribution >= 0.6 is 27.3 Å². The Balaban J connectivity index is 2.51. The second-order valence-corrected chi connectivity index (χ2v) is 6.38. The Labute approximate surface area is 141 Å². The molecule has 0 unspecified atom stereocenters. The molecule has 0 fully saturated rings. The third-order valence-electron chi connectivity index (χ3n) is 2.99. The fourth-order valence-corrected chi connectivity index (χ4v) is 3.28. The van der Waals surface area contributed by atoms with Gasteiger partial charge in [0.1, 0.15) is 4.88 Å². The van der Waals surface area contributed by atoms with Gasteiger partial charge in [-0.1, -0.05) is 27.3 Å². The van der Waals surface area contributed by atoms with Gasteiger partial charge in [0.25, 0.3) is 0 Å². The highest BCUT2D eigenvalue weighted by molar-refractivity contribution is 9.10. The van der Waals surface area contributed by atoms with Crippen LogP contribution in [0.5, 0.6) is 0 Å². The molecule has 0 atom stereocenters. The van der Waals surface area contributed by atoms with Crippen molar-refractivity contribution in [1.82, 2.24) is 4.57 Å². The van der Waals surface area contributed by atoms with Gasteiger partial charge >= 0.3 is 5.97 Å². The van der Waals surface area contributed by atoms with Gasteiger partial charge in [0, 0.05) is 16.7 Å². The van der Waals surface area contributed by atoms with Gasteiger partial charge in [-0.25, -0.2) is 9.79 Å². The zero-order valence-corrected chi connectivity index (χ0v) is 14.8. The van der Waals surface area contributed by atoms with Gasteiger partial charge in [-0.15, -0.1) is 0 Å². The smallest absolute Gasteiger partial charge is 0.350 e. The molecule has 0 saturated carbocycles. The van der Waals surface area contributed by atoms with Crippen molar-refractivity contribution < 1.29 is 14.6 Å². The highest BCUT2D eigenvalue weighted by Gasteiger charge is 2.17. The Kier molecular flexibility index (Phi) is 5.93. The average Bonchev–Trinajstić information content (AvgIpc) is 2.79. The number of thiazole rings is 1. The third-order valence-corrected chi connectivity index (χ3v) is 4.68. The molecule has 118 valence electrons. The van der Waals surface area contributed by atoms with Crippen LogP contribution < -0.4 is 4.80 Å². The Bertz CT molecular complexity index is 719. The van der Waals surface area contributed by atoms with Crippen LogP contribution in [-0.2, 0) is 11.3 Å². The first-order chi connectivity index (χ1) is 10.6. The third kappa shape index (κ3) is 3.85. The Morgan fingerprint density at radius 2 is 2.09 bits per heavy atom. The van der Waals surface area contributed by atoms with E-state index in [4.69, 9.17) is 4.74 Å². The average molecular weight is 385 g/mol. The van der Waals surface area contributed by atoms with Crippen LogP contribution in [0, 0.1) is 6.92 Å². The van der Waals surface area contributed by atoms with E-state index in [0.29, 0.717) is 22.8 Å². The van der Waals surface area contributed by atoms with Crippen LogP contribution in [0.1, 0.15) is 22.3 Å². The number of rotatable bonds is 5. The van der Waals surface area contributed by atoms with Crippen molar-refractivity contribution in [2.24, 2.45) is 4.99 Å². The lowest BCUT2D eigenvalue weighted by Gasteiger charge is -2.04. The minimum absolute atomic E-state index is 0.0205. The summed E-state index contributed by atoms with van der Waals surface area (Å²) in [5.74, 6) is -0.353. The maximum Gasteiger partial charge on any atom is 0.350 e. The summed E-state index contributed by atoms with van der Waals surface area (Å²) in [5.41, 5.74) is 1.54. The van der Waals surface area contributed by atoms with Crippen LogP contribution in [0.2, 0.25) is 0 Å². The molecule has 2 aromatic rings. The molecule has 0 aliphatic rings. The maximum atomic E-state index is 12.0. The number of hydrogen-bond acceptors (Lipinski definition) is 5. The number of aliphatic hydroxyl groups excluding tert-OH is 1. The summed E-state index contributed by atoms with van der Waals surface area (Å²) in [4.78, 5) is 17.7. The fraction of sp³-hybridized carbons (Fsp3) is 0.333. The minimum Gasteiger partial charge on any atom is -0.462 e. The van der Waals surface area contributed by atoms with Gasteiger partial charge < -0.3 is 14.4 Å². The number of halogens is 1. The van der Waals surface area contributed by atoms with Crippen LogP contribution in [0.25, 0.3) is 0 Å². The molecule has 0 spiro atoms. The van der Waals surface area contributed by atoms with Crippen molar-refractivity contribution in [1.29, 1.82) is 0 Å². The Morgan fingerprint density at radius 1 is 1.41 bits per heavy atom. The molecule has 0 amide bonds. The first kappa shape index (κ1) is 16.9. The van der Waals surface area contributed by atoms with Crippen molar-refractivity contribution in [3.8, 4) is 0 Å². The first-order valence-electron chi connectivity index (χ1n) is 6.85. The number of benzene rings is 1. The molecule has 1 N–H and O–H groups in total. The predicted octanol–water partition coefficient (Wildman–Crippen LogP) is 3.02. The van der Waals surface area contributed by atoms with E-state index in [1.807, 2.05) is 35.8 Å². The van der Waals surface area contributed by atoms with E-state index in [2.05, 4.69) is 20.9 Å². The number of esters is 1. The summed E-state index contributed by atoms with van der Waals surface area (Å²) in [5, 5.41) is 9.24. The molecule has 5 nitrogen and oxygen atoms in total. The molecule has 1 aromatic carbocycles. The Hall–Kier alpha value is -1.44. The number of nitrogens with zero attached hydrogens (tertiary/aromatic N) is 2. The topological polar surface area (TPSA) is 63.8 Å². The van der Waals surface area contributed by atoms with Crippen molar-refractivity contribution in [3.05, 3.63) is 44.1 Å². The number of carbonyl (C=O) groups excluding carboxylic acids is 1. The van der Waals surface area contributed by atoms with Crippen molar-refractivity contribution >= 4 is 38.9 Å². The molecule has 7 heteroatoms. The lowest BCUT2D eigenvalue weighted by molar-refractivity contribution is 0.0530. The van der Waals surface area contributed by atoms with Gasteiger partial charge in [-0.3, -0.25) is 0 Å². The molecule has 0 bridgehead atoms. The van der Waals surface area contributed by atoms with E-state index in [-0.39, 0.29) is 12.6 Å². The van der Waals surface area contributed by atoms with E-state index in [1.54, 1.807) is 6.92 Å². The van der Waals surface area contributed by atoms with Crippen molar-refractivity contribution in [2.75, 3.05) is 13.2 Å². The van der Waals surface area contributed by atoms with Gasteiger partial charge in [0.15, 0.2) is 4.80 Å². The minimum atomic E-state index is -0.353. The molecule has 1 heterocycles. The van der Waals surface area contributed by atoms with E-state index < -0.39 is 0 Å². The van der Waals surface area contributed by atoms with Crippen molar-refractivity contribution in [3.63, 3.8) is 0 Å². The summed E-state index contributed by atoms with van der Waals surface area (Å²) >= 11 is 4.66. The standard InChI is InChI=1S/C15H17BrN2O3S/c1-3-21-14(20)13-10(2)18(8-9-19)15(22-13)17-12-6-4-11(16)5-7-12/h4-7,19H,3,8-9H2,1-2H3. The van der Waals surface area contributed by atoms with Crippen LogP contribution in [0.3, 0.4) is 0 Å². The summed E-state index contributed by atoms with van der Waals surface area (Å²) in [7, 11) is 0. The summed E-state index contributed by atoms with van der Waals surface area (Å²) in [6, 6.07) is 7.57. The summed E-state index contributed by atoms with van der Waals surface area (Å²) < 4.78 is 7.88. The molecule has 2 rings (SSSR count).